The molecule has 8 heteroatoms. The predicted molar refractivity (Wildman–Crippen MR) is 97.9 cm³/mol. The highest BCUT2D eigenvalue weighted by molar-refractivity contribution is 7.89. The number of carbonyl (C=O) groups excluding carboxylic acids is 1. The maximum absolute atomic E-state index is 12.4. The van der Waals surface area contributed by atoms with Crippen LogP contribution >= 0.6 is 0 Å². The van der Waals surface area contributed by atoms with Crippen LogP contribution in [-0.4, -0.2) is 50.3 Å². The van der Waals surface area contributed by atoms with Gasteiger partial charge in [0, 0.05) is 19.0 Å². The van der Waals surface area contributed by atoms with E-state index in [1.807, 2.05) is 13.8 Å². The molecule has 0 N–H and O–H groups in total. The van der Waals surface area contributed by atoms with Crippen molar-refractivity contribution < 1.29 is 27.4 Å². The molecular weight excluding hydrogens is 358 g/mol. The number of rotatable bonds is 7. The lowest BCUT2D eigenvalue weighted by atomic mass is 9.89. The minimum absolute atomic E-state index is 0.0235. The Labute approximate surface area is 155 Å². The Bertz CT molecular complexity index is 759. The van der Waals surface area contributed by atoms with Crippen molar-refractivity contribution in [3.8, 4) is 11.5 Å². The number of fused-ring (bicyclic) bond motifs is 1. The molecule has 0 radical (unpaired) electrons. The van der Waals surface area contributed by atoms with Crippen LogP contribution in [0.5, 0.6) is 11.5 Å². The molecule has 26 heavy (non-hydrogen) atoms. The quantitative estimate of drug-likeness (QED) is 0.671. The number of esters is 1. The Morgan fingerprint density at radius 2 is 2.04 bits per heavy atom. The smallest absolute Gasteiger partial charge is 0.344 e. The zero-order valence-corrected chi connectivity index (χ0v) is 16.8. The Morgan fingerprint density at radius 1 is 1.35 bits per heavy atom. The van der Waals surface area contributed by atoms with Crippen molar-refractivity contribution in [3.05, 3.63) is 23.8 Å². The normalized spacial score (nSPS) is 18.8. The number of ether oxygens (including phenoxy) is 3. The molecule has 0 aromatic heterocycles. The SMILES string of the molecule is CCOC(=O)COc1ccc2c(c1)C(N(C)S(=O)(=O)CC)CC(C)(C)O2. The predicted octanol–water partition coefficient (Wildman–Crippen LogP) is 2.51. The molecule has 2 rings (SSSR count). The summed E-state index contributed by atoms with van der Waals surface area (Å²) in [7, 11) is -1.79. The van der Waals surface area contributed by atoms with Gasteiger partial charge >= 0.3 is 5.97 Å². The van der Waals surface area contributed by atoms with Gasteiger partial charge in [0.25, 0.3) is 0 Å². The summed E-state index contributed by atoms with van der Waals surface area (Å²) >= 11 is 0. The molecule has 146 valence electrons. The molecule has 0 fully saturated rings. The van der Waals surface area contributed by atoms with E-state index >= 15 is 0 Å². The maximum atomic E-state index is 12.4. The lowest BCUT2D eigenvalue weighted by molar-refractivity contribution is -0.145. The van der Waals surface area contributed by atoms with Crippen LogP contribution in [0.1, 0.15) is 45.7 Å². The molecule has 1 aromatic carbocycles. The lowest BCUT2D eigenvalue weighted by Crippen LogP contribution is -2.42. The van der Waals surface area contributed by atoms with E-state index < -0.39 is 21.6 Å². The van der Waals surface area contributed by atoms with Crippen molar-refractivity contribution in [3.63, 3.8) is 0 Å². The van der Waals surface area contributed by atoms with Crippen LogP contribution in [0.4, 0.5) is 0 Å². The number of hydrogen-bond donors (Lipinski definition) is 0. The first-order valence-corrected chi connectivity index (χ1v) is 10.3. The Kier molecular flexibility index (Phi) is 6.18. The van der Waals surface area contributed by atoms with E-state index in [0.29, 0.717) is 17.9 Å². The minimum atomic E-state index is -3.37. The summed E-state index contributed by atoms with van der Waals surface area (Å²) in [4.78, 5) is 11.5. The first-order valence-electron chi connectivity index (χ1n) is 8.66. The van der Waals surface area contributed by atoms with Gasteiger partial charge in [0.1, 0.15) is 17.1 Å². The second-order valence-corrected chi connectivity index (χ2v) is 9.11. The van der Waals surface area contributed by atoms with Gasteiger partial charge in [-0.25, -0.2) is 13.2 Å². The van der Waals surface area contributed by atoms with Crippen LogP contribution in [0, 0.1) is 0 Å². The number of nitrogens with zero attached hydrogens (tertiary/aromatic N) is 1. The van der Waals surface area contributed by atoms with Gasteiger partial charge in [-0.2, -0.15) is 4.31 Å². The summed E-state index contributed by atoms with van der Waals surface area (Å²) in [6.45, 7) is 7.30. The first kappa shape index (κ1) is 20.5. The summed E-state index contributed by atoms with van der Waals surface area (Å²) in [5, 5.41) is 0. The van der Waals surface area contributed by atoms with E-state index in [-0.39, 0.29) is 25.0 Å². The number of hydrogen-bond acceptors (Lipinski definition) is 6. The van der Waals surface area contributed by atoms with Crippen LogP contribution in [-0.2, 0) is 19.6 Å². The van der Waals surface area contributed by atoms with Crippen LogP contribution < -0.4 is 9.47 Å². The molecule has 0 spiro atoms. The summed E-state index contributed by atoms with van der Waals surface area (Å²) < 4.78 is 42.5. The van der Waals surface area contributed by atoms with E-state index in [4.69, 9.17) is 14.2 Å². The Hall–Kier alpha value is -1.80. The molecule has 7 nitrogen and oxygen atoms in total. The summed E-state index contributed by atoms with van der Waals surface area (Å²) in [6, 6.07) is 4.81. The number of sulfonamides is 1. The first-order chi connectivity index (χ1) is 12.1. The highest BCUT2D eigenvalue weighted by Crippen LogP contribution is 2.44. The fourth-order valence-electron chi connectivity index (χ4n) is 2.95. The topological polar surface area (TPSA) is 82.1 Å². The van der Waals surface area contributed by atoms with E-state index in [1.165, 1.54) is 4.31 Å². The summed E-state index contributed by atoms with van der Waals surface area (Å²) in [6.07, 6.45) is 0.511. The highest BCUT2D eigenvalue weighted by atomic mass is 32.2. The third-order valence-electron chi connectivity index (χ3n) is 4.32. The van der Waals surface area contributed by atoms with Gasteiger partial charge in [-0.3, -0.25) is 0 Å². The minimum Gasteiger partial charge on any atom is -0.487 e. The maximum Gasteiger partial charge on any atom is 0.344 e. The molecule has 1 atom stereocenters. The molecular formula is C18H27NO6S. The van der Waals surface area contributed by atoms with Crippen LogP contribution in [0.2, 0.25) is 0 Å². The number of carbonyl (C=O) groups is 1. The molecule has 1 heterocycles. The largest absolute Gasteiger partial charge is 0.487 e. The van der Waals surface area contributed by atoms with Crippen molar-refractivity contribution in [1.29, 1.82) is 0 Å². The summed E-state index contributed by atoms with van der Waals surface area (Å²) in [5.74, 6) is 0.653. The Morgan fingerprint density at radius 3 is 2.65 bits per heavy atom. The van der Waals surface area contributed by atoms with E-state index in [9.17, 15) is 13.2 Å². The van der Waals surface area contributed by atoms with Gasteiger partial charge in [0.15, 0.2) is 6.61 Å². The van der Waals surface area contributed by atoms with Gasteiger partial charge in [-0.1, -0.05) is 0 Å². The molecule has 0 bridgehead atoms. The van der Waals surface area contributed by atoms with Gasteiger partial charge in [0.05, 0.1) is 18.4 Å². The van der Waals surface area contributed by atoms with Crippen molar-refractivity contribution >= 4 is 16.0 Å². The fourth-order valence-corrected chi connectivity index (χ4v) is 3.93. The molecule has 0 aliphatic carbocycles. The second kappa shape index (κ2) is 7.84. The lowest BCUT2D eigenvalue weighted by Gasteiger charge is -2.40. The second-order valence-electron chi connectivity index (χ2n) is 6.79. The third kappa shape index (κ3) is 4.67. The molecule has 1 unspecified atom stereocenters. The van der Waals surface area contributed by atoms with Crippen LogP contribution in [0.3, 0.4) is 0 Å². The van der Waals surface area contributed by atoms with Gasteiger partial charge in [0.2, 0.25) is 10.0 Å². The summed E-state index contributed by atoms with van der Waals surface area (Å²) in [5.41, 5.74) is 0.230. The molecule has 0 amide bonds. The van der Waals surface area contributed by atoms with Crippen LogP contribution in [0.25, 0.3) is 0 Å². The molecule has 1 aliphatic heterocycles. The van der Waals surface area contributed by atoms with E-state index in [2.05, 4.69) is 0 Å². The van der Waals surface area contributed by atoms with Gasteiger partial charge in [-0.05, 0) is 45.9 Å². The standard InChI is InChI=1S/C18H27NO6S/c1-6-23-17(20)12-24-13-8-9-16-14(10-13)15(11-18(3,4)25-16)19(5)26(21,22)7-2/h8-10,15H,6-7,11-12H2,1-5H3. The van der Waals surface area contributed by atoms with Gasteiger partial charge < -0.3 is 14.2 Å². The zero-order valence-electron chi connectivity index (χ0n) is 15.9. The van der Waals surface area contributed by atoms with Crippen molar-refractivity contribution in [2.75, 3.05) is 26.0 Å². The van der Waals surface area contributed by atoms with Crippen LogP contribution in [0.15, 0.2) is 18.2 Å². The molecule has 0 saturated heterocycles. The Balaban J connectivity index is 2.33. The average molecular weight is 385 g/mol. The van der Waals surface area contributed by atoms with Crippen molar-refractivity contribution in [2.45, 2.75) is 45.8 Å². The zero-order chi connectivity index (χ0) is 19.5. The molecule has 1 aromatic rings. The van der Waals surface area contributed by atoms with Crippen molar-refractivity contribution in [1.82, 2.24) is 4.31 Å². The highest BCUT2D eigenvalue weighted by Gasteiger charge is 2.39. The van der Waals surface area contributed by atoms with E-state index in [1.54, 1.807) is 39.1 Å². The van der Waals surface area contributed by atoms with Crippen molar-refractivity contribution in [2.24, 2.45) is 0 Å². The fraction of sp³-hybridized carbons (Fsp3) is 0.611. The average Bonchev–Trinajstić information content (AvgIpc) is 2.58. The van der Waals surface area contributed by atoms with Gasteiger partial charge in [-0.15, -0.1) is 0 Å². The number of benzene rings is 1. The molecule has 0 saturated carbocycles. The third-order valence-corrected chi connectivity index (χ3v) is 6.18. The molecule has 1 aliphatic rings. The van der Waals surface area contributed by atoms with E-state index in [0.717, 1.165) is 5.56 Å². The monoisotopic (exact) mass is 385 g/mol.